The highest BCUT2D eigenvalue weighted by Gasteiger charge is 2.28. The predicted molar refractivity (Wildman–Crippen MR) is 129 cm³/mol. The van der Waals surface area contributed by atoms with Crippen LogP contribution in [0.5, 0.6) is 5.75 Å². The van der Waals surface area contributed by atoms with Crippen molar-refractivity contribution in [1.82, 2.24) is 10.2 Å². The van der Waals surface area contributed by atoms with Crippen LogP contribution in [0.2, 0.25) is 15.1 Å². The molecule has 0 heterocycles. The second kappa shape index (κ2) is 12.0. The van der Waals surface area contributed by atoms with Crippen LogP contribution < -0.4 is 10.1 Å². The van der Waals surface area contributed by atoms with E-state index in [1.165, 1.54) is 4.90 Å². The van der Waals surface area contributed by atoms with Gasteiger partial charge in [0.05, 0.1) is 4.47 Å². The fourth-order valence-corrected chi connectivity index (χ4v) is 4.03. The van der Waals surface area contributed by atoms with Crippen LogP contribution >= 0.6 is 50.7 Å². The number of hydrogen-bond acceptors (Lipinski definition) is 3. The van der Waals surface area contributed by atoms with E-state index in [9.17, 15) is 9.59 Å². The second-order valence-electron chi connectivity index (χ2n) is 7.08. The number of ether oxygens (including phenoxy) is 1. The van der Waals surface area contributed by atoms with Crippen LogP contribution in [0.25, 0.3) is 0 Å². The number of amides is 2. The van der Waals surface area contributed by atoms with Crippen molar-refractivity contribution >= 4 is 62.5 Å². The summed E-state index contributed by atoms with van der Waals surface area (Å²) in [5, 5.41) is 4.28. The van der Waals surface area contributed by atoms with E-state index in [2.05, 4.69) is 21.2 Å². The van der Waals surface area contributed by atoms with Gasteiger partial charge in [-0.15, -0.1) is 0 Å². The molecule has 9 heteroatoms. The summed E-state index contributed by atoms with van der Waals surface area (Å²) in [5.41, 5.74) is 0.565. The lowest BCUT2D eigenvalue weighted by molar-refractivity contribution is -0.142. The zero-order chi connectivity index (χ0) is 23.1. The van der Waals surface area contributed by atoms with E-state index in [-0.39, 0.29) is 31.0 Å². The Bertz CT molecular complexity index is 922. The van der Waals surface area contributed by atoms with Crippen LogP contribution in [0.15, 0.2) is 40.9 Å². The van der Waals surface area contributed by atoms with E-state index in [1.54, 1.807) is 43.3 Å². The Hall–Kier alpha value is -1.47. The van der Waals surface area contributed by atoms with E-state index in [1.807, 2.05) is 13.8 Å². The van der Waals surface area contributed by atoms with Crippen molar-refractivity contribution in [2.45, 2.75) is 45.8 Å². The normalized spacial score (nSPS) is 12.7. The second-order valence-corrected chi connectivity index (χ2v) is 9.18. The fourth-order valence-electron chi connectivity index (χ4n) is 2.72. The van der Waals surface area contributed by atoms with Gasteiger partial charge in [-0.25, -0.2) is 0 Å². The summed E-state index contributed by atoms with van der Waals surface area (Å²) in [6.45, 7) is 5.34. The third-order valence-corrected chi connectivity index (χ3v) is 6.37. The van der Waals surface area contributed by atoms with Gasteiger partial charge in [0.1, 0.15) is 11.8 Å². The molecule has 2 rings (SSSR count). The van der Waals surface area contributed by atoms with Crippen molar-refractivity contribution in [1.29, 1.82) is 0 Å². The molecule has 2 amide bonds. The monoisotopic (exact) mass is 548 g/mol. The van der Waals surface area contributed by atoms with E-state index < -0.39 is 6.04 Å². The lowest BCUT2D eigenvalue weighted by Crippen LogP contribution is -2.50. The molecule has 2 atom stereocenters. The molecular weight excluding hydrogens is 527 g/mol. The van der Waals surface area contributed by atoms with Crippen LogP contribution in [0.4, 0.5) is 0 Å². The van der Waals surface area contributed by atoms with Crippen LogP contribution in [0, 0.1) is 0 Å². The summed E-state index contributed by atoms with van der Waals surface area (Å²) < 4.78 is 6.29. The molecule has 1 N–H and O–H groups in total. The standard InChI is InChI=1S/C22H24BrCl3N2O3/c1-4-13(2)27-22(30)14(3)28(11-16-18(25)6-5-7-19(16)26)21(29)12-31-20-9-8-15(24)10-17(20)23/h5-10,13-14H,4,11-12H2,1-3H3,(H,27,30)/t13-,14-/m1/s1. The van der Waals surface area contributed by atoms with Crippen molar-refractivity contribution in [3.8, 4) is 5.75 Å². The molecule has 0 unspecified atom stereocenters. The molecule has 2 aromatic carbocycles. The maximum Gasteiger partial charge on any atom is 0.261 e. The number of rotatable bonds is 9. The molecule has 0 aliphatic carbocycles. The van der Waals surface area contributed by atoms with Crippen molar-refractivity contribution in [3.05, 3.63) is 61.5 Å². The molecule has 0 aliphatic rings. The highest BCUT2D eigenvalue weighted by atomic mass is 79.9. The van der Waals surface area contributed by atoms with Crippen molar-refractivity contribution < 1.29 is 14.3 Å². The number of carbonyl (C=O) groups is 2. The van der Waals surface area contributed by atoms with Gasteiger partial charge < -0.3 is 15.0 Å². The van der Waals surface area contributed by atoms with Crippen LogP contribution in [-0.2, 0) is 16.1 Å². The summed E-state index contributed by atoms with van der Waals surface area (Å²) >= 11 is 21.9. The molecule has 168 valence electrons. The van der Waals surface area contributed by atoms with Crippen LogP contribution in [0.1, 0.15) is 32.8 Å². The predicted octanol–water partition coefficient (Wildman–Crippen LogP) is 6.12. The van der Waals surface area contributed by atoms with Gasteiger partial charge in [0.25, 0.3) is 5.91 Å². The number of carbonyl (C=O) groups excluding carboxylic acids is 2. The van der Waals surface area contributed by atoms with Crippen LogP contribution in [-0.4, -0.2) is 35.4 Å². The fraction of sp³-hybridized carbons (Fsp3) is 0.364. The number of hydrogen-bond donors (Lipinski definition) is 1. The molecule has 5 nitrogen and oxygen atoms in total. The van der Waals surface area contributed by atoms with E-state index >= 15 is 0 Å². The van der Waals surface area contributed by atoms with Gasteiger partial charge in [-0.3, -0.25) is 9.59 Å². The summed E-state index contributed by atoms with van der Waals surface area (Å²) in [6, 6.07) is 9.32. The highest BCUT2D eigenvalue weighted by Crippen LogP contribution is 2.29. The smallest absolute Gasteiger partial charge is 0.261 e. The maximum atomic E-state index is 13.1. The van der Waals surface area contributed by atoms with Crippen LogP contribution in [0.3, 0.4) is 0 Å². The lowest BCUT2D eigenvalue weighted by Gasteiger charge is -2.30. The average molecular weight is 551 g/mol. The van der Waals surface area contributed by atoms with Gasteiger partial charge in [-0.1, -0.05) is 47.8 Å². The average Bonchev–Trinajstić information content (AvgIpc) is 2.72. The summed E-state index contributed by atoms with van der Waals surface area (Å²) in [4.78, 5) is 27.3. The van der Waals surface area contributed by atoms with E-state index in [4.69, 9.17) is 39.5 Å². The largest absolute Gasteiger partial charge is 0.483 e. The van der Waals surface area contributed by atoms with Gasteiger partial charge in [0.2, 0.25) is 5.91 Å². The number of halogens is 4. The first-order valence-corrected chi connectivity index (χ1v) is 11.7. The first-order valence-electron chi connectivity index (χ1n) is 9.74. The maximum absolute atomic E-state index is 13.1. The van der Waals surface area contributed by atoms with E-state index in [0.29, 0.717) is 30.9 Å². The van der Waals surface area contributed by atoms with Crippen molar-refractivity contribution in [3.63, 3.8) is 0 Å². The molecule has 0 spiro atoms. The summed E-state index contributed by atoms with van der Waals surface area (Å²) in [6.07, 6.45) is 0.774. The minimum atomic E-state index is -0.758. The molecule has 0 radical (unpaired) electrons. The van der Waals surface area contributed by atoms with Crippen molar-refractivity contribution in [2.24, 2.45) is 0 Å². The number of nitrogens with one attached hydrogen (secondary N) is 1. The Labute approximate surface area is 206 Å². The molecule has 0 bridgehead atoms. The topological polar surface area (TPSA) is 58.6 Å². The number of nitrogens with zero attached hydrogens (tertiary/aromatic N) is 1. The molecular formula is C22H24BrCl3N2O3. The minimum absolute atomic E-state index is 0.0166. The van der Waals surface area contributed by atoms with Gasteiger partial charge >= 0.3 is 0 Å². The molecule has 0 fully saturated rings. The molecule has 31 heavy (non-hydrogen) atoms. The third-order valence-electron chi connectivity index (χ3n) is 4.80. The Kier molecular flexibility index (Phi) is 9.94. The summed E-state index contributed by atoms with van der Waals surface area (Å²) in [5.74, 6) is -0.187. The SMILES string of the molecule is CC[C@@H](C)NC(=O)[C@@H](C)N(Cc1c(Cl)cccc1Cl)C(=O)COc1ccc(Cl)cc1Br. The molecule has 0 saturated carbocycles. The molecule has 0 saturated heterocycles. The third kappa shape index (κ3) is 7.28. The first kappa shape index (κ1) is 25.8. The van der Waals surface area contributed by atoms with Gasteiger partial charge in [-0.05, 0) is 66.5 Å². The molecule has 0 aliphatic heterocycles. The van der Waals surface area contributed by atoms with Gasteiger partial charge in [0, 0.05) is 33.2 Å². The zero-order valence-corrected chi connectivity index (χ0v) is 21.3. The molecule has 2 aromatic rings. The van der Waals surface area contributed by atoms with E-state index in [0.717, 1.165) is 6.42 Å². The Morgan fingerprint density at radius 3 is 2.35 bits per heavy atom. The van der Waals surface area contributed by atoms with Crippen molar-refractivity contribution in [2.75, 3.05) is 6.61 Å². The number of benzene rings is 2. The highest BCUT2D eigenvalue weighted by molar-refractivity contribution is 9.10. The quantitative estimate of drug-likeness (QED) is 0.409. The first-order chi connectivity index (χ1) is 14.6. The minimum Gasteiger partial charge on any atom is -0.483 e. The molecule has 0 aromatic heterocycles. The Morgan fingerprint density at radius 1 is 1.13 bits per heavy atom. The van der Waals surface area contributed by atoms with Gasteiger partial charge in [-0.2, -0.15) is 0 Å². The Morgan fingerprint density at radius 2 is 1.77 bits per heavy atom. The Balaban J connectivity index is 2.24. The van der Waals surface area contributed by atoms with Gasteiger partial charge in [0.15, 0.2) is 6.61 Å². The zero-order valence-electron chi connectivity index (χ0n) is 17.4. The summed E-state index contributed by atoms with van der Waals surface area (Å²) in [7, 11) is 0. The lowest BCUT2D eigenvalue weighted by atomic mass is 10.1.